The second kappa shape index (κ2) is 5.93. The fourth-order valence-corrected chi connectivity index (χ4v) is 1.93. The minimum absolute atomic E-state index is 0.125. The topological polar surface area (TPSA) is 29.1 Å². The molecular weight excluding hydrogens is 277 g/mol. The van der Waals surface area contributed by atoms with Gasteiger partial charge in [-0.1, -0.05) is 33.6 Å². The zero-order valence-electron chi connectivity index (χ0n) is 8.09. The van der Waals surface area contributed by atoms with Crippen molar-refractivity contribution in [2.24, 2.45) is 0 Å². The molecule has 1 N–H and O–H groups in total. The van der Waals surface area contributed by atoms with Crippen LogP contribution in [0.2, 0.25) is 5.02 Å². The Morgan fingerprint density at radius 2 is 2.27 bits per heavy atom. The molecule has 4 heteroatoms. The summed E-state index contributed by atoms with van der Waals surface area (Å²) in [7, 11) is 0. The van der Waals surface area contributed by atoms with Gasteiger partial charge in [-0.3, -0.25) is 4.79 Å². The van der Waals surface area contributed by atoms with Crippen LogP contribution in [-0.2, 0) is 0 Å². The number of benzene rings is 1. The minimum atomic E-state index is -0.125. The van der Waals surface area contributed by atoms with Crippen LogP contribution in [0, 0.1) is 0 Å². The molecule has 1 amide bonds. The zero-order chi connectivity index (χ0) is 11.3. The van der Waals surface area contributed by atoms with Crippen LogP contribution in [0.25, 0.3) is 0 Å². The average molecular weight is 289 g/mol. The van der Waals surface area contributed by atoms with Crippen molar-refractivity contribution >= 4 is 33.4 Å². The van der Waals surface area contributed by atoms with Crippen molar-refractivity contribution in [3.63, 3.8) is 0 Å². The van der Waals surface area contributed by atoms with E-state index in [1.165, 1.54) is 0 Å². The summed E-state index contributed by atoms with van der Waals surface area (Å²) in [5.74, 6) is -0.125. The van der Waals surface area contributed by atoms with E-state index in [-0.39, 0.29) is 5.91 Å². The first-order chi connectivity index (χ1) is 7.13. The highest BCUT2D eigenvalue weighted by Gasteiger charge is 2.06. The highest BCUT2D eigenvalue weighted by Crippen LogP contribution is 2.19. The lowest BCUT2D eigenvalue weighted by molar-refractivity contribution is 0.0954. The van der Waals surface area contributed by atoms with Crippen LogP contribution in [0.5, 0.6) is 0 Å². The molecule has 80 valence electrons. The maximum Gasteiger partial charge on any atom is 0.251 e. The van der Waals surface area contributed by atoms with Crippen LogP contribution in [0.4, 0.5) is 0 Å². The lowest BCUT2D eigenvalue weighted by Gasteiger charge is -2.04. The first kappa shape index (κ1) is 12.3. The minimum Gasteiger partial charge on any atom is -0.352 e. The van der Waals surface area contributed by atoms with Crippen LogP contribution in [0.3, 0.4) is 0 Å². The van der Waals surface area contributed by atoms with Crippen molar-refractivity contribution in [3.8, 4) is 0 Å². The lowest BCUT2D eigenvalue weighted by Crippen LogP contribution is -2.24. The third-order valence-corrected chi connectivity index (χ3v) is 2.43. The third-order valence-electron chi connectivity index (χ3n) is 1.76. The van der Waals surface area contributed by atoms with Crippen molar-refractivity contribution in [3.05, 3.63) is 45.9 Å². The molecular formula is C11H11BrClNO. The van der Waals surface area contributed by atoms with E-state index in [1.54, 1.807) is 24.3 Å². The SMILES string of the molecule is C=CCCNC(=O)c1cc(Cl)cc(Br)c1. The second-order valence-electron chi connectivity index (χ2n) is 2.99. The largest absolute Gasteiger partial charge is 0.352 e. The number of halogens is 2. The molecule has 0 fully saturated rings. The van der Waals surface area contributed by atoms with E-state index in [1.807, 2.05) is 0 Å². The van der Waals surface area contributed by atoms with Gasteiger partial charge in [0.2, 0.25) is 0 Å². The van der Waals surface area contributed by atoms with Gasteiger partial charge >= 0.3 is 0 Å². The van der Waals surface area contributed by atoms with Crippen molar-refractivity contribution in [2.45, 2.75) is 6.42 Å². The van der Waals surface area contributed by atoms with Crippen molar-refractivity contribution in [2.75, 3.05) is 6.54 Å². The number of amides is 1. The van der Waals surface area contributed by atoms with Gasteiger partial charge < -0.3 is 5.32 Å². The Morgan fingerprint density at radius 3 is 2.87 bits per heavy atom. The molecule has 0 heterocycles. The highest BCUT2D eigenvalue weighted by molar-refractivity contribution is 9.10. The van der Waals surface area contributed by atoms with E-state index in [4.69, 9.17) is 11.6 Å². The van der Waals surface area contributed by atoms with Gasteiger partial charge in [0.1, 0.15) is 0 Å². The maximum absolute atomic E-state index is 11.6. The van der Waals surface area contributed by atoms with Crippen LogP contribution < -0.4 is 5.32 Å². The Kier molecular flexibility index (Phi) is 4.85. The summed E-state index contributed by atoms with van der Waals surface area (Å²) < 4.78 is 0.795. The van der Waals surface area contributed by atoms with Crippen LogP contribution in [0.15, 0.2) is 35.3 Å². The molecule has 0 aliphatic heterocycles. The lowest BCUT2D eigenvalue weighted by atomic mass is 10.2. The van der Waals surface area contributed by atoms with Gasteiger partial charge in [-0.15, -0.1) is 6.58 Å². The molecule has 1 rings (SSSR count). The van der Waals surface area contributed by atoms with Gasteiger partial charge in [-0.05, 0) is 24.6 Å². The quantitative estimate of drug-likeness (QED) is 0.667. The molecule has 0 saturated heterocycles. The normalized spacial score (nSPS) is 9.73. The summed E-state index contributed by atoms with van der Waals surface area (Å²) in [5, 5.41) is 3.30. The smallest absolute Gasteiger partial charge is 0.251 e. The fourth-order valence-electron chi connectivity index (χ4n) is 1.07. The van der Waals surface area contributed by atoms with E-state index >= 15 is 0 Å². The predicted octanol–water partition coefficient (Wildman–Crippen LogP) is 3.41. The molecule has 0 aromatic heterocycles. The molecule has 0 spiro atoms. The first-order valence-electron chi connectivity index (χ1n) is 4.48. The van der Waals surface area contributed by atoms with E-state index in [0.717, 1.165) is 10.9 Å². The van der Waals surface area contributed by atoms with Crippen LogP contribution in [0.1, 0.15) is 16.8 Å². The monoisotopic (exact) mass is 287 g/mol. The average Bonchev–Trinajstić information content (AvgIpc) is 2.16. The van der Waals surface area contributed by atoms with E-state index in [0.29, 0.717) is 17.1 Å². The molecule has 0 saturated carbocycles. The van der Waals surface area contributed by atoms with Gasteiger partial charge in [-0.25, -0.2) is 0 Å². The maximum atomic E-state index is 11.6. The van der Waals surface area contributed by atoms with Crippen LogP contribution in [-0.4, -0.2) is 12.5 Å². The van der Waals surface area contributed by atoms with Crippen LogP contribution >= 0.6 is 27.5 Å². The number of carbonyl (C=O) groups is 1. The first-order valence-corrected chi connectivity index (χ1v) is 5.66. The summed E-state index contributed by atoms with van der Waals surface area (Å²) in [5.41, 5.74) is 0.554. The van der Waals surface area contributed by atoms with Gasteiger partial charge in [0.05, 0.1) is 0 Å². The molecule has 1 aromatic carbocycles. The molecule has 0 aliphatic carbocycles. The Balaban J connectivity index is 2.69. The molecule has 0 radical (unpaired) electrons. The van der Waals surface area contributed by atoms with Crippen molar-refractivity contribution in [1.29, 1.82) is 0 Å². The van der Waals surface area contributed by atoms with E-state index in [2.05, 4.69) is 27.8 Å². The summed E-state index contributed by atoms with van der Waals surface area (Å²) in [6, 6.07) is 5.10. The number of hydrogen-bond donors (Lipinski definition) is 1. The summed E-state index contributed by atoms with van der Waals surface area (Å²) >= 11 is 9.11. The zero-order valence-corrected chi connectivity index (χ0v) is 10.4. The fraction of sp³-hybridized carbons (Fsp3) is 0.182. The number of carbonyl (C=O) groups excluding carboxylic acids is 1. The van der Waals surface area contributed by atoms with Gasteiger partial charge in [-0.2, -0.15) is 0 Å². The van der Waals surface area contributed by atoms with Crippen molar-refractivity contribution in [1.82, 2.24) is 5.32 Å². The van der Waals surface area contributed by atoms with E-state index in [9.17, 15) is 4.79 Å². The van der Waals surface area contributed by atoms with Gasteiger partial charge in [0, 0.05) is 21.6 Å². The second-order valence-corrected chi connectivity index (χ2v) is 4.34. The Labute approximate surface area is 102 Å². The Bertz CT molecular complexity index is 359. The Hall–Kier alpha value is -0.800. The van der Waals surface area contributed by atoms with Gasteiger partial charge in [0.25, 0.3) is 5.91 Å². The highest BCUT2D eigenvalue weighted by atomic mass is 79.9. The van der Waals surface area contributed by atoms with Crippen molar-refractivity contribution < 1.29 is 4.79 Å². The molecule has 2 nitrogen and oxygen atoms in total. The number of nitrogens with one attached hydrogen (secondary N) is 1. The molecule has 15 heavy (non-hydrogen) atoms. The number of hydrogen-bond acceptors (Lipinski definition) is 1. The predicted molar refractivity (Wildman–Crippen MR) is 66.3 cm³/mol. The number of rotatable bonds is 4. The molecule has 0 unspecified atom stereocenters. The van der Waals surface area contributed by atoms with E-state index < -0.39 is 0 Å². The summed E-state index contributed by atoms with van der Waals surface area (Å²) in [6.07, 6.45) is 2.52. The Morgan fingerprint density at radius 1 is 1.53 bits per heavy atom. The third kappa shape index (κ3) is 4.06. The van der Waals surface area contributed by atoms with Gasteiger partial charge in [0.15, 0.2) is 0 Å². The summed E-state index contributed by atoms with van der Waals surface area (Å²) in [6.45, 7) is 4.17. The summed E-state index contributed by atoms with van der Waals surface area (Å²) in [4.78, 5) is 11.6. The molecule has 0 bridgehead atoms. The standard InChI is InChI=1S/C11H11BrClNO/c1-2-3-4-14-11(15)8-5-9(12)7-10(13)6-8/h2,5-7H,1,3-4H2,(H,14,15). The molecule has 0 atom stereocenters. The molecule has 1 aromatic rings. The molecule has 0 aliphatic rings.